The molecule has 0 radical (unpaired) electrons. The normalized spacial score (nSPS) is 10.9. The molecule has 4 rings (SSSR count). The van der Waals surface area contributed by atoms with Crippen LogP contribution in [-0.2, 0) is 13.2 Å². The number of amides is 1. The summed E-state index contributed by atoms with van der Waals surface area (Å²) in [6.07, 6.45) is 1.31. The van der Waals surface area contributed by atoms with Gasteiger partial charge in [0.2, 0.25) is 0 Å². The fraction of sp³-hybridized carbons (Fsp3) is 0.0833. The number of halogens is 6. The Morgan fingerprint density at radius 3 is 2.34 bits per heavy atom. The molecule has 0 aliphatic heterocycles. The number of anilines is 1. The highest BCUT2D eigenvalue weighted by molar-refractivity contribution is 9.10. The lowest BCUT2D eigenvalue weighted by Gasteiger charge is -2.09. The zero-order valence-corrected chi connectivity index (χ0v) is 20.0. The highest BCUT2D eigenvalue weighted by atomic mass is 79.9. The molecule has 35 heavy (non-hydrogen) atoms. The Morgan fingerprint density at radius 2 is 1.69 bits per heavy atom. The second-order valence-corrected chi connectivity index (χ2v) is 8.68. The van der Waals surface area contributed by atoms with Gasteiger partial charge in [0.05, 0.1) is 17.1 Å². The Labute approximate surface area is 210 Å². The maximum absolute atomic E-state index is 13.9. The average Bonchev–Trinajstić information content (AvgIpc) is 3.27. The number of ether oxygens (including phenoxy) is 1. The Balaban J connectivity index is 1.37. The minimum atomic E-state index is -1.51. The molecule has 11 heteroatoms. The molecule has 0 fully saturated rings. The quantitative estimate of drug-likeness (QED) is 0.199. The standard InChI is InChI=1S/C24H15BrClF4N3O2/c25-15-5-6-20(17(26)9-15)35-12-13-1-3-14(4-2-13)24(34)31-21-7-8-33(32-21)11-16-22(29)18(27)10-19(28)23(16)30/h1-10H,11-12H2,(H,31,32,34). The molecule has 5 nitrogen and oxygen atoms in total. The Hall–Kier alpha value is -3.37. The van der Waals surface area contributed by atoms with Crippen molar-refractivity contribution in [2.24, 2.45) is 0 Å². The molecular weight excluding hydrogens is 554 g/mol. The van der Waals surface area contributed by atoms with E-state index in [4.69, 9.17) is 16.3 Å². The van der Waals surface area contributed by atoms with Gasteiger partial charge in [0.25, 0.3) is 5.91 Å². The summed E-state index contributed by atoms with van der Waals surface area (Å²) < 4.78 is 62.1. The summed E-state index contributed by atoms with van der Waals surface area (Å²) in [5, 5.41) is 6.99. The van der Waals surface area contributed by atoms with Crippen LogP contribution in [0.5, 0.6) is 5.75 Å². The van der Waals surface area contributed by atoms with Gasteiger partial charge in [-0.2, -0.15) is 5.10 Å². The number of nitrogens with one attached hydrogen (secondary N) is 1. The van der Waals surface area contributed by atoms with Crippen LogP contribution in [0, 0.1) is 23.3 Å². The molecule has 0 aliphatic carbocycles. The van der Waals surface area contributed by atoms with Gasteiger partial charge in [-0.1, -0.05) is 39.7 Å². The van der Waals surface area contributed by atoms with E-state index in [1.165, 1.54) is 12.3 Å². The number of aromatic nitrogens is 2. The van der Waals surface area contributed by atoms with Crippen molar-refractivity contribution in [3.8, 4) is 5.75 Å². The molecule has 1 amide bonds. The number of hydrogen-bond acceptors (Lipinski definition) is 3. The SMILES string of the molecule is O=C(Nc1ccn(Cc2c(F)c(F)cc(F)c2F)n1)c1ccc(COc2ccc(Br)cc2Cl)cc1. The van der Waals surface area contributed by atoms with Gasteiger partial charge in [0, 0.05) is 28.4 Å². The van der Waals surface area contributed by atoms with E-state index in [0.717, 1.165) is 14.7 Å². The topological polar surface area (TPSA) is 56.2 Å². The fourth-order valence-corrected chi connectivity index (χ4v) is 3.86. The lowest BCUT2D eigenvalue weighted by atomic mass is 10.1. The molecule has 0 spiro atoms. The predicted molar refractivity (Wildman–Crippen MR) is 125 cm³/mol. The Morgan fingerprint density at radius 1 is 1.00 bits per heavy atom. The Bertz CT molecular complexity index is 1370. The van der Waals surface area contributed by atoms with Gasteiger partial charge >= 0.3 is 0 Å². The predicted octanol–water partition coefficient (Wildman–Crippen LogP) is 6.74. The summed E-state index contributed by atoms with van der Waals surface area (Å²) in [5.41, 5.74) is 0.316. The van der Waals surface area contributed by atoms with E-state index in [2.05, 4.69) is 26.3 Å². The molecule has 1 N–H and O–H groups in total. The summed E-state index contributed by atoms with van der Waals surface area (Å²) in [6, 6.07) is 13.4. The average molecular weight is 569 g/mol. The maximum Gasteiger partial charge on any atom is 0.256 e. The largest absolute Gasteiger partial charge is 0.487 e. The van der Waals surface area contributed by atoms with Crippen molar-refractivity contribution in [1.29, 1.82) is 0 Å². The first kappa shape index (κ1) is 24.7. The zero-order chi connectivity index (χ0) is 25.1. The van der Waals surface area contributed by atoms with Crippen molar-refractivity contribution in [3.63, 3.8) is 0 Å². The monoisotopic (exact) mass is 567 g/mol. The molecular formula is C24H15BrClF4N3O2. The van der Waals surface area contributed by atoms with Crippen LogP contribution >= 0.6 is 27.5 Å². The van der Waals surface area contributed by atoms with Crippen molar-refractivity contribution >= 4 is 39.3 Å². The first-order chi connectivity index (χ1) is 16.7. The summed E-state index contributed by atoms with van der Waals surface area (Å²) in [6.45, 7) is -0.333. The zero-order valence-electron chi connectivity index (χ0n) is 17.7. The third-order valence-electron chi connectivity index (χ3n) is 4.91. The molecule has 0 atom stereocenters. The first-order valence-corrected chi connectivity index (χ1v) is 11.2. The number of carbonyl (C=O) groups excluding carboxylic acids is 1. The van der Waals surface area contributed by atoms with Gasteiger partial charge in [-0.3, -0.25) is 9.48 Å². The lowest BCUT2D eigenvalue weighted by Crippen LogP contribution is -2.13. The van der Waals surface area contributed by atoms with Crippen molar-refractivity contribution in [3.05, 3.63) is 110 Å². The van der Waals surface area contributed by atoms with Crippen molar-refractivity contribution in [2.75, 3.05) is 5.32 Å². The molecule has 1 aromatic heterocycles. The Kier molecular flexibility index (Phi) is 7.42. The molecule has 180 valence electrons. The molecule has 0 bridgehead atoms. The summed E-state index contributed by atoms with van der Waals surface area (Å²) in [5.74, 6) is -5.89. The highest BCUT2D eigenvalue weighted by Crippen LogP contribution is 2.28. The molecule has 3 aromatic carbocycles. The van der Waals surface area contributed by atoms with Crippen LogP contribution in [0.1, 0.15) is 21.5 Å². The third-order valence-corrected chi connectivity index (χ3v) is 5.70. The summed E-state index contributed by atoms with van der Waals surface area (Å²) in [7, 11) is 0. The van der Waals surface area contributed by atoms with Crippen molar-refractivity contribution in [2.45, 2.75) is 13.2 Å². The minimum Gasteiger partial charge on any atom is -0.487 e. The molecule has 4 aromatic rings. The molecule has 0 saturated carbocycles. The van der Waals surface area contributed by atoms with Crippen LogP contribution < -0.4 is 10.1 Å². The van der Waals surface area contributed by atoms with E-state index in [1.54, 1.807) is 42.5 Å². The van der Waals surface area contributed by atoms with Crippen LogP contribution in [0.3, 0.4) is 0 Å². The number of benzene rings is 3. The van der Waals surface area contributed by atoms with E-state index < -0.39 is 41.3 Å². The van der Waals surface area contributed by atoms with E-state index >= 15 is 0 Å². The van der Waals surface area contributed by atoms with Crippen LogP contribution in [0.4, 0.5) is 23.4 Å². The fourth-order valence-electron chi connectivity index (χ4n) is 3.13. The smallest absolute Gasteiger partial charge is 0.256 e. The van der Waals surface area contributed by atoms with Crippen LogP contribution in [-0.4, -0.2) is 15.7 Å². The molecule has 1 heterocycles. The van der Waals surface area contributed by atoms with E-state index in [-0.39, 0.29) is 18.5 Å². The first-order valence-electron chi connectivity index (χ1n) is 10.0. The van der Waals surface area contributed by atoms with Gasteiger partial charge in [0.15, 0.2) is 29.1 Å². The van der Waals surface area contributed by atoms with Crippen LogP contribution in [0.25, 0.3) is 0 Å². The maximum atomic E-state index is 13.9. The number of carbonyl (C=O) groups is 1. The summed E-state index contributed by atoms with van der Waals surface area (Å²) in [4.78, 5) is 12.5. The van der Waals surface area contributed by atoms with Gasteiger partial charge in [-0.15, -0.1) is 0 Å². The van der Waals surface area contributed by atoms with Crippen molar-refractivity contribution < 1.29 is 27.1 Å². The molecule has 0 unspecified atom stereocenters. The van der Waals surface area contributed by atoms with Gasteiger partial charge < -0.3 is 10.1 Å². The number of nitrogens with zero attached hydrogens (tertiary/aromatic N) is 2. The number of rotatable bonds is 7. The lowest BCUT2D eigenvalue weighted by molar-refractivity contribution is 0.102. The van der Waals surface area contributed by atoms with E-state index in [1.807, 2.05) is 0 Å². The minimum absolute atomic E-state index is 0.0879. The second kappa shape index (κ2) is 10.5. The van der Waals surface area contributed by atoms with Gasteiger partial charge in [0.1, 0.15) is 12.4 Å². The van der Waals surface area contributed by atoms with Crippen LogP contribution in [0.2, 0.25) is 5.02 Å². The van der Waals surface area contributed by atoms with Crippen molar-refractivity contribution in [1.82, 2.24) is 9.78 Å². The summed E-state index contributed by atoms with van der Waals surface area (Å²) >= 11 is 9.45. The number of hydrogen-bond donors (Lipinski definition) is 1. The van der Waals surface area contributed by atoms with E-state index in [9.17, 15) is 22.4 Å². The van der Waals surface area contributed by atoms with Gasteiger partial charge in [-0.25, -0.2) is 17.6 Å². The van der Waals surface area contributed by atoms with Crippen LogP contribution in [0.15, 0.2) is 65.3 Å². The molecule has 0 aliphatic rings. The van der Waals surface area contributed by atoms with E-state index in [0.29, 0.717) is 16.3 Å². The third kappa shape index (κ3) is 5.83. The second-order valence-electron chi connectivity index (χ2n) is 7.36. The van der Waals surface area contributed by atoms with Gasteiger partial charge in [-0.05, 0) is 35.9 Å². The molecule has 0 saturated heterocycles. The highest BCUT2D eigenvalue weighted by Gasteiger charge is 2.20.